The van der Waals surface area contributed by atoms with Gasteiger partial charge in [0.15, 0.2) is 0 Å². The molecule has 1 aromatic carbocycles. The van der Waals surface area contributed by atoms with E-state index in [0.717, 1.165) is 41.9 Å². The number of alkyl halides is 1. The van der Waals surface area contributed by atoms with Crippen molar-refractivity contribution in [3.05, 3.63) is 30.5 Å². The minimum Gasteiger partial charge on any atom is -0.495 e. The zero-order chi connectivity index (χ0) is 19.7. The fourth-order valence-corrected chi connectivity index (χ4v) is 4.28. The molecule has 2 fully saturated rings. The summed E-state index contributed by atoms with van der Waals surface area (Å²) in [5.74, 6) is 0.763. The van der Waals surface area contributed by atoms with Gasteiger partial charge in [0.05, 0.1) is 31.9 Å². The third-order valence-corrected chi connectivity index (χ3v) is 5.77. The summed E-state index contributed by atoms with van der Waals surface area (Å²) in [6.07, 6.45) is 2.25. The molecule has 4 rings (SSSR count). The molecule has 0 saturated carbocycles. The molecule has 0 unspecified atom stereocenters. The van der Waals surface area contributed by atoms with E-state index in [0.29, 0.717) is 13.0 Å². The van der Waals surface area contributed by atoms with E-state index in [2.05, 4.69) is 15.2 Å². The number of nitrogens with zero attached hydrogens (tertiary/aromatic N) is 3. The van der Waals surface area contributed by atoms with Gasteiger partial charge in [0, 0.05) is 42.7 Å². The van der Waals surface area contributed by atoms with Crippen molar-refractivity contribution >= 4 is 22.5 Å². The predicted octanol–water partition coefficient (Wildman–Crippen LogP) is 2.69. The number of hydrogen-bond acceptors (Lipinski definition) is 5. The molecule has 0 radical (unpaired) electrons. The number of rotatable bonds is 5. The average Bonchev–Trinajstić information content (AvgIpc) is 3.27. The molecule has 3 atom stereocenters. The summed E-state index contributed by atoms with van der Waals surface area (Å²) < 4.78 is 18.9. The molecular weight excluding hydrogens is 359 g/mol. The van der Waals surface area contributed by atoms with Crippen molar-refractivity contribution in [1.82, 2.24) is 14.8 Å². The number of carbonyl (C=O) groups excluding carboxylic acids is 1. The van der Waals surface area contributed by atoms with Gasteiger partial charge in [-0.3, -0.25) is 14.7 Å². The van der Waals surface area contributed by atoms with E-state index in [4.69, 9.17) is 4.74 Å². The number of pyridine rings is 1. The molecule has 6 nitrogen and oxygen atoms in total. The molecule has 1 N–H and O–H groups in total. The van der Waals surface area contributed by atoms with Gasteiger partial charge >= 0.3 is 0 Å². The first-order chi connectivity index (χ1) is 13.5. The number of carbonyl (C=O) groups is 1. The summed E-state index contributed by atoms with van der Waals surface area (Å²) in [6.45, 7) is 4.17. The van der Waals surface area contributed by atoms with Crippen molar-refractivity contribution in [2.24, 2.45) is 0 Å². The van der Waals surface area contributed by atoms with Crippen molar-refractivity contribution in [2.75, 3.05) is 38.6 Å². The van der Waals surface area contributed by atoms with E-state index in [-0.39, 0.29) is 24.5 Å². The number of ether oxygens (including phenoxy) is 1. The fraction of sp³-hybridized carbons (Fsp3) is 0.524. The van der Waals surface area contributed by atoms with Gasteiger partial charge in [-0.25, -0.2) is 4.39 Å². The number of amides is 1. The summed E-state index contributed by atoms with van der Waals surface area (Å²) in [7, 11) is 1.64. The highest BCUT2D eigenvalue weighted by Gasteiger charge is 2.34. The monoisotopic (exact) mass is 386 g/mol. The second kappa shape index (κ2) is 7.91. The van der Waals surface area contributed by atoms with Crippen LogP contribution >= 0.6 is 0 Å². The van der Waals surface area contributed by atoms with Crippen LogP contribution in [-0.2, 0) is 4.79 Å². The third-order valence-electron chi connectivity index (χ3n) is 5.77. The minimum absolute atomic E-state index is 0.00260. The van der Waals surface area contributed by atoms with Crippen molar-refractivity contribution < 1.29 is 13.9 Å². The number of nitrogens with one attached hydrogen (secondary N) is 1. The van der Waals surface area contributed by atoms with Gasteiger partial charge in [-0.2, -0.15) is 0 Å². The second-order valence-electron chi connectivity index (χ2n) is 7.84. The van der Waals surface area contributed by atoms with Gasteiger partial charge < -0.3 is 15.0 Å². The Hall–Kier alpha value is -2.41. The Morgan fingerprint density at radius 3 is 3.00 bits per heavy atom. The molecule has 28 heavy (non-hydrogen) atoms. The number of fused-ring (bicyclic) bond motifs is 1. The van der Waals surface area contributed by atoms with Crippen LogP contribution in [-0.4, -0.2) is 72.2 Å². The van der Waals surface area contributed by atoms with Crippen LogP contribution in [0.5, 0.6) is 5.75 Å². The summed E-state index contributed by atoms with van der Waals surface area (Å²) in [6, 6.07) is 8.26. The maximum absolute atomic E-state index is 13.6. The zero-order valence-electron chi connectivity index (χ0n) is 16.4. The minimum atomic E-state index is -0.885. The van der Waals surface area contributed by atoms with Crippen molar-refractivity contribution in [2.45, 2.75) is 38.0 Å². The number of benzene rings is 1. The Morgan fingerprint density at radius 1 is 1.39 bits per heavy atom. The fourth-order valence-electron chi connectivity index (χ4n) is 4.28. The van der Waals surface area contributed by atoms with Crippen LogP contribution in [0.3, 0.4) is 0 Å². The zero-order valence-corrected chi connectivity index (χ0v) is 16.4. The number of aromatic nitrogens is 1. The summed E-state index contributed by atoms with van der Waals surface area (Å²) in [5.41, 5.74) is 1.94. The largest absolute Gasteiger partial charge is 0.495 e. The topological polar surface area (TPSA) is 57.7 Å². The van der Waals surface area contributed by atoms with Crippen molar-refractivity contribution in [1.29, 1.82) is 0 Å². The van der Waals surface area contributed by atoms with Crippen LogP contribution in [0.1, 0.15) is 19.8 Å². The van der Waals surface area contributed by atoms with E-state index < -0.39 is 6.17 Å². The Balaban J connectivity index is 1.39. The van der Waals surface area contributed by atoms with Gasteiger partial charge in [0.1, 0.15) is 11.9 Å². The van der Waals surface area contributed by atoms with Crippen LogP contribution in [0.4, 0.5) is 10.1 Å². The van der Waals surface area contributed by atoms with Gasteiger partial charge in [-0.05, 0) is 31.5 Å². The highest BCUT2D eigenvalue weighted by atomic mass is 19.1. The van der Waals surface area contributed by atoms with E-state index in [1.807, 2.05) is 31.2 Å². The van der Waals surface area contributed by atoms with E-state index in [1.54, 1.807) is 18.2 Å². The summed E-state index contributed by atoms with van der Waals surface area (Å²) in [5, 5.41) is 4.63. The van der Waals surface area contributed by atoms with Crippen molar-refractivity contribution in [3.8, 4) is 5.75 Å². The first-order valence-corrected chi connectivity index (χ1v) is 9.88. The van der Waals surface area contributed by atoms with E-state index >= 15 is 0 Å². The molecule has 3 heterocycles. The maximum Gasteiger partial charge on any atom is 0.237 e. The molecule has 1 amide bonds. The molecule has 2 saturated heterocycles. The van der Waals surface area contributed by atoms with Crippen LogP contribution in [0.2, 0.25) is 0 Å². The predicted molar refractivity (Wildman–Crippen MR) is 107 cm³/mol. The molecule has 7 heteroatoms. The molecule has 150 valence electrons. The van der Waals surface area contributed by atoms with Gasteiger partial charge in [-0.15, -0.1) is 0 Å². The van der Waals surface area contributed by atoms with Crippen LogP contribution in [0.25, 0.3) is 10.9 Å². The number of methoxy groups -OCH3 is 1. The number of halogens is 1. The summed E-state index contributed by atoms with van der Waals surface area (Å²) in [4.78, 5) is 20.8. The lowest BCUT2D eigenvalue weighted by Crippen LogP contribution is -2.42. The maximum atomic E-state index is 13.6. The van der Waals surface area contributed by atoms with E-state index in [1.165, 1.54) is 0 Å². The SMILES string of the molecule is COc1cnc2cccc(N[C@H]3CCN(CC(=O)N4C[C@@H](F)C[C@H]4C)C3)c2c1. The van der Waals surface area contributed by atoms with Crippen molar-refractivity contribution in [3.63, 3.8) is 0 Å². The van der Waals surface area contributed by atoms with Gasteiger partial charge in [0.2, 0.25) is 5.91 Å². The van der Waals surface area contributed by atoms with Gasteiger partial charge in [0.25, 0.3) is 0 Å². The molecule has 2 aliphatic heterocycles. The second-order valence-corrected chi connectivity index (χ2v) is 7.84. The average molecular weight is 386 g/mol. The molecule has 2 aliphatic rings. The molecule has 2 aromatic rings. The lowest BCUT2D eigenvalue weighted by molar-refractivity contribution is -0.132. The Labute approximate surface area is 164 Å². The first-order valence-electron chi connectivity index (χ1n) is 9.88. The Morgan fingerprint density at radius 2 is 2.25 bits per heavy atom. The van der Waals surface area contributed by atoms with Crippen LogP contribution in [0.15, 0.2) is 30.5 Å². The number of hydrogen-bond donors (Lipinski definition) is 1. The quantitative estimate of drug-likeness (QED) is 0.856. The molecule has 0 aliphatic carbocycles. The van der Waals surface area contributed by atoms with E-state index in [9.17, 15) is 9.18 Å². The molecule has 0 bridgehead atoms. The van der Waals surface area contributed by atoms with Crippen LogP contribution in [0, 0.1) is 0 Å². The molecule has 1 aromatic heterocycles. The summed E-state index contributed by atoms with van der Waals surface area (Å²) >= 11 is 0. The normalized spacial score (nSPS) is 25.4. The van der Waals surface area contributed by atoms with Gasteiger partial charge in [-0.1, -0.05) is 6.07 Å². The highest BCUT2D eigenvalue weighted by Crippen LogP contribution is 2.27. The lowest BCUT2D eigenvalue weighted by atomic mass is 10.1. The van der Waals surface area contributed by atoms with Crippen LogP contribution < -0.4 is 10.1 Å². The Bertz CT molecular complexity index is 861. The lowest BCUT2D eigenvalue weighted by Gasteiger charge is -2.24. The first kappa shape index (κ1) is 18.9. The smallest absolute Gasteiger partial charge is 0.237 e. The number of likely N-dealkylation sites (tertiary alicyclic amines) is 2. The number of anilines is 1. The highest BCUT2D eigenvalue weighted by molar-refractivity contribution is 5.92. The third kappa shape index (κ3) is 3.90. The Kier molecular flexibility index (Phi) is 5.35. The molecule has 0 spiro atoms. The standard InChI is InChI=1S/C21H27FN4O2/c1-14-8-15(22)11-26(14)21(27)13-25-7-6-16(12-25)24-20-5-3-4-19-18(20)9-17(28-2)10-23-19/h3-5,9-10,14-16,24H,6-8,11-13H2,1-2H3/t14-,15+,16+/m1/s1. The molecular formula is C21H27FN4O2.